The fourth-order valence-corrected chi connectivity index (χ4v) is 5.03. The molecular weight excluding hydrogens is 438 g/mol. The van der Waals surface area contributed by atoms with Gasteiger partial charge in [0.1, 0.15) is 5.82 Å². The molecule has 2 aliphatic carbocycles. The number of aromatic nitrogens is 2. The molecule has 0 bridgehead atoms. The van der Waals surface area contributed by atoms with Crippen molar-refractivity contribution < 1.29 is 9.18 Å². The van der Waals surface area contributed by atoms with E-state index in [4.69, 9.17) is 23.2 Å². The van der Waals surface area contributed by atoms with Crippen LogP contribution in [0, 0.1) is 11.2 Å². The minimum Gasteiger partial charge on any atom is -0.349 e. The molecule has 31 heavy (non-hydrogen) atoms. The van der Waals surface area contributed by atoms with Crippen LogP contribution in [-0.2, 0) is 7.05 Å². The zero-order valence-electron chi connectivity index (χ0n) is 17.1. The van der Waals surface area contributed by atoms with Gasteiger partial charge < -0.3 is 15.2 Å². The number of para-hydroxylation sites is 1. The first-order valence-corrected chi connectivity index (χ1v) is 11.3. The Morgan fingerprint density at radius 1 is 1.16 bits per heavy atom. The minimum atomic E-state index is -0.565. The second kappa shape index (κ2) is 7.68. The van der Waals surface area contributed by atoms with Gasteiger partial charge in [0.15, 0.2) is 0 Å². The largest absolute Gasteiger partial charge is 0.349 e. The number of imidazole rings is 1. The van der Waals surface area contributed by atoms with Crippen molar-refractivity contribution in [3.05, 3.63) is 51.8 Å². The van der Waals surface area contributed by atoms with Crippen molar-refractivity contribution in [3.63, 3.8) is 0 Å². The van der Waals surface area contributed by atoms with E-state index in [1.807, 2.05) is 0 Å². The number of fused-ring (bicyclic) bond motifs is 1. The maximum absolute atomic E-state index is 14.8. The summed E-state index contributed by atoms with van der Waals surface area (Å²) < 4.78 is 16.5. The zero-order chi connectivity index (χ0) is 21.8. The number of aryl methyl sites for hydroxylation is 1. The third kappa shape index (κ3) is 3.87. The van der Waals surface area contributed by atoms with E-state index in [2.05, 4.69) is 15.6 Å². The first-order valence-electron chi connectivity index (χ1n) is 10.5. The van der Waals surface area contributed by atoms with Crippen LogP contribution in [0.25, 0.3) is 11.0 Å². The molecule has 1 spiro atoms. The average molecular weight is 461 g/mol. The highest BCUT2D eigenvalue weighted by molar-refractivity contribution is 6.39. The minimum absolute atomic E-state index is 0.0136. The number of carbonyl (C=O) groups excluding carboxylic acids is 1. The first-order chi connectivity index (χ1) is 14.8. The highest BCUT2D eigenvalue weighted by atomic mass is 35.5. The first kappa shape index (κ1) is 20.6. The Balaban J connectivity index is 1.39. The lowest BCUT2D eigenvalue weighted by Crippen LogP contribution is -2.38. The fourth-order valence-electron chi connectivity index (χ4n) is 4.54. The summed E-state index contributed by atoms with van der Waals surface area (Å²) in [6.07, 6.45) is 6.86. The van der Waals surface area contributed by atoms with Crippen molar-refractivity contribution in [1.82, 2.24) is 14.9 Å². The molecule has 2 saturated carbocycles. The molecule has 2 aromatic carbocycles. The quantitative estimate of drug-likeness (QED) is 0.485. The third-order valence-electron chi connectivity index (χ3n) is 6.75. The molecule has 1 heterocycles. The van der Waals surface area contributed by atoms with Crippen LogP contribution in [0.15, 0.2) is 30.3 Å². The molecule has 0 radical (unpaired) electrons. The number of carbonyl (C=O) groups is 1. The topological polar surface area (TPSA) is 59.0 Å². The van der Waals surface area contributed by atoms with E-state index in [0.29, 0.717) is 38.1 Å². The van der Waals surface area contributed by atoms with Crippen LogP contribution in [0.3, 0.4) is 0 Å². The van der Waals surface area contributed by atoms with Gasteiger partial charge in [-0.2, -0.15) is 0 Å². The van der Waals surface area contributed by atoms with Crippen molar-refractivity contribution >= 4 is 51.8 Å². The Hall–Kier alpha value is -2.31. The molecule has 1 amide bonds. The molecule has 0 saturated heterocycles. The summed E-state index contributed by atoms with van der Waals surface area (Å²) in [5, 5.41) is 7.03. The smallest absolute Gasteiger partial charge is 0.254 e. The lowest BCUT2D eigenvalue weighted by atomic mass is 9.83. The average Bonchev–Trinajstić information content (AvgIpc) is 3.44. The third-order valence-corrected chi connectivity index (χ3v) is 7.38. The van der Waals surface area contributed by atoms with Crippen molar-refractivity contribution in [2.75, 3.05) is 5.32 Å². The number of nitrogens with one attached hydrogen (secondary N) is 2. The van der Waals surface area contributed by atoms with E-state index < -0.39 is 5.82 Å². The molecule has 8 heteroatoms. The Labute approximate surface area is 189 Å². The van der Waals surface area contributed by atoms with Gasteiger partial charge in [-0.25, -0.2) is 9.37 Å². The van der Waals surface area contributed by atoms with Gasteiger partial charge in [-0.3, -0.25) is 4.79 Å². The van der Waals surface area contributed by atoms with Gasteiger partial charge in [0.2, 0.25) is 5.95 Å². The number of amides is 1. The Bertz CT molecular complexity index is 1160. The predicted molar refractivity (Wildman–Crippen MR) is 122 cm³/mol. The molecule has 3 aromatic rings. The SMILES string of the molecule is Cn1c(Nc2c(Cl)cccc2Cl)nc2cc(C(=O)NC3CCC4(CC3)CC4)c(F)cc21. The Morgan fingerprint density at radius 3 is 2.48 bits per heavy atom. The molecule has 0 atom stereocenters. The Morgan fingerprint density at radius 2 is 1.84 bits per heavy atom. The van der Waals surface area contributed by atoms with Gasteiger partial charge >= 0.3 is 0 Å². The van der Waals surface area contributed by atoms with Gasteiger partial charge in [0.25, 0.3) is 5.91 Å². The highest BCUT2D eigenvalue weighted by Gasteiger charge is 2.44. The van der Waals surface area contributed by atoms with Crippen LogP contribution >= 0.6 is 23.2 Å². The molecule has 5 nitrogen and oxygen atoms in total. The second-order valence-corrected chi connectivity index (χ2v) is 9.60. The standard InChI is InChI=1S/C23H23Cl2FN4O/c1-30-19-12-17(26)14(21(31)27-13-5-7-23(8-6-13)9-10-23)11-18(19)28-22(30)29-20-15(24)3-2-4-16(20)25/h2-4,11-13H,5-10H2,1H3,(H,27,31)(H,28,29). The summed E-state index contributed by atoms with van der Waals surface area (Å²) in [6.45, 7) is 0. The van der Waals surface area contributed by atoms with Crippen LogP contribution in [0.4, 0.5) is 16.0 Å². The number of halogens is 3. The van der Waals surface area contributed by atoms with Crippen LogP contribution in [0.1, 0.15) is 48.9 Å². The van der Waals surface area contributed by atoms with E-state index in [-0.39, 0.29) is 17.5 Å². The van der Waals surface area contributed by atoms with E-state index >= 15 is 0 Å². The van der Waals surface area contributed by atoms with E-state index in [1.54, 1.807) is 29.8 Å². The number of anilines is 2. The number of rotatable bonds is 4. The summed E-state index contributed by atoms with van der Waals surface area (Å²) in [6, 6.07) is 8.15. The molecule has 2 fully saturated rings. The number of hydrogen-bond donors (Lipinski definition) is 2. The normalized spacial score (nSPS) is 17.8. The molecule has 0 unspecified atom stereocenters. The summed E-state index contributed by atoms with van der Waals surface area (Å²) in [7, 11) is 1.76. The van der Waals surface area contributed by atoms with Gasteiger partial charge in [0.05, 0.1) is 32.3 Å². The van der Waals surface area contributed by atoms with E-state index in [1.165, 1.54) is 25.0 Å². The van der Waals surface area contributed by atoms with Crippen molar-refractivity contribution in [2.24, 2.45) is 12.5 Å². The number of nitrogens with zero attached hydrogens (tertiary/aromatic N) is 2. The van der Waals surface area contributed by atoms with Crippen molar-refractivity contribution in [3.8, 4) is 0 Å². The fraction of sp³-hybridized carbons (Fsp3) is 0.391. The van der Waals surface area contributed by atoms with Crippen LogP contribution in [-0.4, -0.2) is 21.5 Å². The molecule has 2 N–H and O–H groups in total. The summed E-state index contributed by atoms with van der Waals surface area (Å²) in [4.78, 5) is 17.3. The number of hydrogen-bond acceptors (Lipinski definition) is 3. The molecule has 162 valence electrons. The molecular formula is C23H23Cl2FN4O. The molecule has 0 aliphatic heterocycles. The van der Waals surface area contributed by atoms with E-state index in [0.717, 1.165) is 25.7 Å². The van der Waals surface area contributed by atoms with E-state index in [9.17, 15) is 9.18 Å². The van der Waals surface area contributed by atoms with Gasteiger partial charge in [-0.05, 0) is 62.1 Å². The Kier molecular flexibility index (Phi) is 5.10. The van der Waals surface area contributed by atoms with Gasteiger partial charge in [-0.15, -0.1) is 0 Å². The number of benzene rings is 2. The van der Waals surface area contributed by atoms with Crippen molar-refractivity contribution in [1.29, 1.82) is 0 Å². The zero-order valence-corrected chi connectivity index (χ0v) is 18.7. The van der Waals surface area contributed by atoms with Gasteiger partial charge in [0, 0.05) is 19.2 Å². The molecule has 1 aromatic heterocycles. The maximum Gasteiger partial charge on any atom is 0.254 e. The van der Waals surface area contributed by atoms with Crippen LogP contribution < -0.4 is 10.6 Å². The van der Waals surface area contributed by atoms with Crippen LogP contribution in [0.5, 0.6) is 0 Å². The lowest BCUT2D eigenvalue weighted by Gasteiger charge is -2.29. The molecule has 5 rings (SSSR count). The highest BCUT2D eigenvalue weighted by Crippen LogP contribution is 2.56. The van der Waals surface area contributed by atoms with Crippen molar-refractivity contribution in [2.45, 2.75) is 44.6 Å². The lowest BCUT2D eigenvalue weighted by molar-refractivity contribution is 0.0915. The summed E-state index contributed by atoms with van der Waals surface area (Å²) in [5.41, 5.74) is 2.16. The summed E-state index contributed by atoms with van der Waals surface area (Å²) >= 11 is 12.5. The second-order valence-electron chi connectivity index (χ2n) is 8.78. The monoisotopic (exact) mass is 460 g/mol. The maximum atomic E-state index is 14.8. The van der Waals surface area contributed by atoms with Crippen LogP contribution in [0.2, 0.25) is 10.0 Å². The summed E-state index contributed by atoms with van der Waals surface area (Å²) in [5.74, 6) is -0.501. The molecule has 2 aliphatic rings. The predicted octanol–water partition coefficient (Wildman–Crippen LogP) is 6.22. The van der Waals surface area contributed by atoms with Gasteiger partial charge in [-0.1, -0.05) is 29.3 Å².